The van der Waals surface area contributed by atoms with E-state index in [1.54, 1.807) is 36.7 Å². The number of anilines is 1. The highest BCUT2D eigenvalue weighted by molar-refractivity contribution is 8.00. The zero-order valence-corrected chi connectivity index (χ0v) is 11.2. The van der Waals surface area contributed by atoms with Gasteiger partial charge in [-0.2, -0.15) is 0 Å². The highest BCUT2D eigenvalue weighted by atomic mass is 32.2. The van der Waals surface area contributed by atoms with Gasteiger partial charge in [-0.1, -0.05) is 0 Å². The molecular formula is C13H11N3O3S. The van der Waals surface area contributed by atoms with Crippen LogP contribution < -0.4 is 5.32 Å². The van der Waals surface area contributed by atoms with Crippen LogP contribution in [0.1, 0.15) is 0 Å². The summed E-state index contributed by atoms with van der Waals surface area (Å²) in [5, 5.41) is 13.2. The number of carbonyl (C=O) groups excluding carboxylic acids is 1. The second-order valence-corrected chi connectivity index (χ2v) is 4.88. The van der Waals surface area contributed by atoms with E-state index in [4.69, 9.17) is 0 Å². The molecule has 2 aromatic rings. The highest BCUT2D eigenvalue weighted by Gasteiger charge is 2.06. The Hall–Kier alpha value is -2.41. The number of aromatic nitrogens is 1. The van der Waals surface area contributed by atoms with Gasteiger partial charge in [0.2, 0.25) is 5.91 Å². The molecule has 7 heteroatoms. The first-order chi connectivity index (χ1) is 9.65. The minimum atomic E-state index is -0.455. The zero-order chi connectivity index (χ0) is 14.4. The van der Waals surface area contributed by atoms with Crippen molar-refractivity contribution < 1.29 is 9.72 Å². The summed E-state index contributed by atoms with van der Waals surface area (Å²) in [6.45, 7) is 0. The van der Waals surface area contributed by atoms with Gasteiger partial charge in [-0.3, -0.25) is 19.9 Å². The van der Waals surface area contributed by atoms with Gasteiger partial charge in [0, 0.05) is 23.2 Å². The van der Waals surface area contributed by atoms with Crippen molar-refractivity contribution in [1.82, 2.24) is 4.98 Å². The summed E-state index contributed by atoms with van der Waals surface area (Å²) in [6.07, 6.45) is 3.19. The van der Waals surface area contributed by atoms with Crippen LogP contribution in [0.5, 0.6) is 0 Å². The Morgan fingerprint density at radius 3 is 2.65 bits per heavy atom. The van der Waals surface area contributed by atoms with Crippen LogP contribution in [0.25, 0.3) is 0 Å². The molecule has 1 N–H and O–H groups in total. The Bertz CT molecular complexity index is 602. The molecule has 1 heterocycles. The van der Waals surface area contributed by atoms with E-state index in [9.17, 15) is 14.9 Å². The van der Waals surface area contributed by atoms with Crippen molar-refractivity contribution in [2.45, 2.75) is 4.90 Å². The normalized spacial score (nSPS) is 10.0. The largest absolute Gasteiger partial charge is 0.324 e. The Kier molecular flexibility index (Phi) is 4.67. The number of rotatable bonds is 5. The number of non-ortho nitro benzene ring substituents is 1. The zero-order valence-electron chi connectivity index (χ0n) is 10.4. The maximum atomic E-state index is 11.7. The Labute approximate surface area is 119 Å². The third kappa shape index (κ3) is 4.06. The van der Waals surface area contributed by atoms with Crippen LogP contribution in [0.15, 0.2) is 53.7 Å². The van der Waals surface area contributed by atoms with Crippen molar-refractivity contribution in [3.63, 3.8) is 0 Å². The molecule has 2 rings (SSSR count). The van der Waals surface area contributed by atoms with Crippen molar-refractivity contribution in [2.24, 2.45) is 0 Å². The number of nitro groups is 1. The number of nitro benzene ring substituents is 1. The van der Waals surface area contributed by atoms with Crippen molar-refractivity contribution in [3.8, 4) is 0 Å². The van der Waals surface area contributed by atoms with Crippen LogP contribution >= 0.6 is 11.8 Å². The number of nitrogens with zero attached hydrogens (tertiary/aromatic N) is 2. The van der Waals surface area contributed by atoms with Crippen molar-refractivity contribution in [2.75, 3.05) is 11.1 Å². The lowest BCUT2D eigenvalue weighted by Gasteiger charge is -2.04. The van der Waals surface area contributed by atoms with Crippen LogP contribution in [-0.4, -0.2) is 21.6 Å². The van der Waals surface area contributed by atoms with Crippen molar-refractivity contribution in [1.29, 1.82) is 0 Å². The molecule has 0 aliphatic carbocycles. The number of nitrogens with one attached hydrogen (secondary N) is 1. The molecule has 0 fully saturated rings. The molecule has 0 aliphatic rings. The highest BCUT2D eigenvalue weighted by Crippen LogP contribution is 2.21. The lowest BCUT2D eigenvalue weighted by Crippen LogP contribution is -2.13. The first-order valence-electron chi connectivity index (χ1n) is 5.72. The lowest BCUT2D eigenvalue weighted by atomic mass is 10.3. The van der Waals surface area contributed by atoms with Crippen molar-refractivity contribution >= 4 is 29.0 Å². The molecule has 20 heavy (non-hydrogen) atoms. The van der Waals surface area contributed by atoms with E-state index >= 15 is 0 Å². The molecule has 1 amide bonds. The summed E-state index contributed by atoms with van der Waals surface area (Å²) in [6, 6.07) is 9.57. The van der Waals surface area contributed by atoms with E-state index < -0.39 is 4.92 Å². The maximum absolute atomic E-state index is 11.7. The molecule has 0 bridgehead atoms. The minimum absolute atomic E-state index is 0.0363. The molecular weight excluding hydrogens is 278 g/mol. The summed E-state index contributed by atoms with van der Waals surface area (Å²) in [7, 11) is 0. The predicted molar refractivity (Wildman–Crippen MR) is 76.7 cm³/mol. The fraction of sp³-hybridized carbons (Fsp3) is 0.0769. The van der Waals surface area contributed by atoms with Gasteiger partial charge >= 0.3 is 0 Å². The van der Waals surface area contributed by atoms with E-state index in [1.807, 2.05) is 0 Å². The summed E-state index contributed by atoms with van der Waals surface area (Å²) in [5.74, 6) is 0.0773. The Morgan fingerprint density at radius 2 is 2.05 bits per heavy atom. The Balaban J connectivity index is 1.85. The fourth-order valence-electron chi connectivity index (χ4n) is 1.45. The summed E-state index contributed by atoms with van der Waals surface area (Å²) < 4.78 is 0. The molecule has 0 spiro atoms. The quantitative estimate of drug-likeness (QED) is 0.519. The fourth-order valence-corrected chi connectivity index (χ4v) is 2.15. The molecule has 0 atom stereocenters. The molecule has 1 aromatic heterocycles. The average molecular weight is 289 g/mol. The number of amides is 1. The minimum Gasteiger partial charge on any atom is -0.324 e. The average Bonchev–Trinajstić information content (AvgIpc) is 2.46. The van der Waals surface area contributed by atoms with Gasteiger partial charge in [0.15, 0.2) is 0 Å². The first kappa shape index (κ1) is 14.0. The molecule has 102 valence electrons. The molecule has 0 aliphatic heterocycles. The first-order valence-corrected chi connectivity index (χ1v) is 6.71. The van der Waals surface area contributed by atoms with Gasteiger partial charge in [0.05, 0.1) is 22.6 Å². The standard InChI is InChI=1S/C13H11N3O3S/c17-13(15-10-2-1-7-14-8-10)9-20-12-5-3-11(4-6-12)16(18)19/h1-8H,9H2,(H,15,17). The number of hydrogen-bond donors (Lipinski definition) is 1. The number of thioether (sulfide) groups is 1. The van der Waals surface area contributed by atoms with E-state index in [1.165, 1.54) is 23.9 Å². The van der Waals surface area contributed by atoms with Gasteiger partial charge in [-0.15, -0.1) is 11.8 Å². The predicted octanol–water partition coefficient (Wildman–Crippen LogP) is 2.72. The van der Waals surface area contributed by atoms with Crippen LogP contribution in [0.3, 0.4) is 0 Å². The van der Waals surface area contributed by atoms with Gasteiger partial charge in [0.1, 0.15) is 0 Å². The van der Waals surface area contributed by atoms with Gasteiger partial charge < -0.3 is 5.32 Å². The summed E-state index contributed by atoms with van der Waals surface area (Å²) >= 11 is 1.31. The van der Waals surface area contributed by atoms with Gasteiger partial charge in [-0.05, 0) is 24.3 Å². The van der Waals surface area contributed by atoms with Crippen LogP contribution in [0.4, 0.5) is 11.4 Å². The van der Waals surface area contributed by atoms with Crippen LogP contribution in [-0.2, 0) is 4.79 Å². The lowest BCUT2D eigenvalue weighted by molar-refractivity contribution is -0.384. The number of pyridine rings is 1. The third-order valence-electron chi connectivity index (χ3n) is 2.36. The van der Waals surface area contributed by atoms with Crippen molar-refractivity contribution in [3.05, 3.63) is 58.9 Å². The second kappa shape index (κ2) is 6.67. The number of hydrogen-bond acceptors (Lipinski definition) is 5. The molecule has 0 saturated carbocycles. The van der Waals surface area contributed by atoms with Gasteiger partial charge in [0.25, 0.3) is 5.69 Å². The summed E-state index contributed by atoms with van der Waals surface area (Å²) in [4.78, 5) is 26.4. The smallest absolute Gasteiger partial charge is 0.269 e. The number of benzene rings is 1. The second-order valence-electron chi connectivity index (χ2n) is 3.83. The monoisotopic (exact) mass is 289 g/mol. The number of carbonyl (C=O) groups is 1. The van der Waals surface area contributed by atoms with E-state index in [0.29, 0.717) is 5.69 Å². The van der Waals surface area contributed by atoms with E-state index in [0.717, 1.165) is 4.90 Å². The molecule has 0 radical (unpaired) electrons. The topological polar surface area (TPSA) is 85.1 Å². The van der Waals surface area contributed by atoms with Crippen LogP contribution in [0, 0.1) is 10.1 Å². The molecule has 0 unspecified atom stereocenters. The molecule has 0 saturated heterocycles. The Morgan fingerprint density at radius 1 is 1.30 bits per heavy atom. The molecule has 1 aromatic carbocycles. The van der Waals surface area contributed by atoms with Gasteiger partial charge in [-0.25, -0.2) is 0 Å². The van der Waals surface area contributed by atoms with E-state index in [-0.39, 0.29) is 17.3 Å². The van der Waals surface area contributed by atoms with Crippen LogP contribution in [0.2, 0.25) is 0 Å². The molecule has 6 nitrogen and oxygen atoms in total. The summed E-state index contributed by atoms with van der Waals surface area (Å²) in [5.41, 5.74) is 0.677. The third-order valence-corrected chi connectivity index (χ3v) is 3.37. The van der Waals surface area contributed by atoms with E-state index in [2.05, 4.69) is 10.3 Å². The SMILES string of the molecule is O=C(CSc1ccc([N+](=O)[O-])cc1)Nc1cccnc1. The maximum Gasteiger partial charge on any atom is 0.269 e.